The van der Waals surface area contributed by atoms with Crippen molar-refractivity contribution < 1.29 is 0 Å². The maximum atomic E-state index is 5.01. The molecule has 6 aromatic rings. The molecule has 0 aliphatic carbocycles. The molecule has 0 atom stereocenters. The van der Waals surface area contributed by atoms with Gasteiger partial charge in [0.05, 0.1) is 16.9 Å². The molecule has 2 heterocycles. The maximum Gasteiger partial charge on any atom is 0.160 e. The van der Waals surface area contributed by atoms with Crippen molar-refractivity contribution in [2.24, 2.45) is 0 Å². The molecular formula is C32H26BrN3. The predicted molar refractivity (Wildman–Crippen MR) is 154 cm³/mol. The summed E-state index contributed by atoms with van der Waals surface area (Å²) in [4.78, 5) is 13.6. The zero-order chi connectivity index (χ0) is 24.9. The van der Waals surface area contributed by atoms with Gasteiger partial charge in [-0.15, -0.1) is 0 Å². The Morgan fingerprint density at radius 1 is 0.639 bits per heavy atom. The predicted octanol–water partition coefficient (Wildman–Crippen LogP) is 9.17. The van der Waals surface area contributed by atoms with Gasteiger partial charge in [-0.25, -0.2) is 9.97 Å². The number of aromatic amines is 1. The number of hydrogen-bond acceptors (Lipinski definition) is 2. The minimum Gasteiger partial charge on any atom is -0.354 e. The third-order valence-corrected chi connectivity index (χ3v) is 7.27. The molecule has 2 aromatic heterocycles. The van der Waals surface area contributed by atoms with E-state index in [9.17, 15) is 0 Å². The third kappa shape index (κ3) is 4.12. The normalized spacial score (nSPS) is 11.9. The van der Waals surface area contributed by atoms with E-state index in [-0.39, 0.29) is 5.41 Å². The second kappa shape index (κ2) is 8.72. The van der Waals surface area contributed by atoms with E-state index in [1.807, 2.05) is 36.4 Å². The second-order valence-corrected chi connectivity index (χ2v) is 11.1. The van der Waals surface area contributed by atoms with Crippen molar-refractivity contribution in [1.29, 1.82) is 0 Å². The van der Waals surface area contributed by atoms with Crippen molar-refractivity contribution in [3.63, 3.8) is 0 Å². The number of nitrogens with zero attached hydrogens (tertiary/aromatic N) is 2. The number of H-pyrrole nitrogens is 1. The molecule has 0 unspecified atom stereocenters. The Morgan fingerprint density at radius 2 is 1.25 bits per heavy atom. The van der Waals surface area contributed by atoms with Crippen molar-refractivity contribution in [2.75, 3.05) is 0 Å². The summed E-state index contributed by atoms with van der Waals surface area (Å²) in [5.41, 5.74) is 8.53. The third-order valence-electron chi connectivity index (χ3n) is 6.65. The quantitative estimate of drug-likeness (QED) is 0.247. The van der Waals surface area contributed by atoms with E-state index in [2.05, 4.69) is 102 Å². The Labute approximate surface area is 219 Å². The molecule has 0 saturated heterocycles. The minimum absolute atomic E-state index is 0.0512. The van der Waals surface area contributed by atoms with Crippen LogP contribution in [0.2, 0.25) is 0 Å². The van der Waals surface area contributed by atoms with E-state index in [1.54, 1.807) is 0 Å². The highest BCUT2D eigenvalue weighted by Gasteiger charge is 2.18. The van der Waals surface area contributed by atoms with E-state index in [0.717, 1.165) is 49.4 Å². The van der Waals surface area contributed by atoms with Gasteiger partial charge in [-0.05, 0) is 63.3 Å². The summed E-state index contributed by atoms with van der Waals surface area (Å²) >= 11 is 3.80. The number of nitrogens with one attached hydrogen (secondary N) is 1. The highest BCUT2D eigenvalue weighted by molar-refractivity contribution is 9.10. The van der Waals surface area contributed by atoms with Crippen LogP contribution in [0.15, 0.2) is 102 Å². The van der Waals surface area contributed by atoms with Crippen molar-refractivity contribution in [3.8, 4) is 33.9 Å². The summed E-state index contributed by atoms with van der Waals surface area (Å²) in [5.74, 6) is 0.720. The zero-order valence-corrected chi connectivity index (χ0v) is 22.1. The summed E-state index contributed by atoms with van der Waals surface area (Å²) in [6, 6.07) is 33.7. The number of benzene rings is 4. The smallest absolute Gasteiger partial charge is 0.160 e. The summed E-state index contributed by atoms with van der Waals surface area (Å²) in [6.07, 6.45) is 0. The van der Waals surface area contributed by atoms with Gasteiger partial charge in [0.1, 0.15) is 0 Å². The van der Waals surface area contributed by atoms with E-state index in [4.69, 9.17) is 9.97 Å². The lowest BCUT2D eigenvalue weighted by atomic mass is 9.86. The highest BCUT2D eigenvalue weighted by atomic mass is 79.9. The van der Waals surface area contributed by atoms with Crippen LogP contribution in [0.1, 0.15) is 26.3 Å². The van der Waals surface area contributed by atoms with Crippen LogP contribution >= 0.6 is 15.9 Å². The first-order chi connectivity index (χ1) is 17.4. The van der Waals surface area contributed by atoms with Gasteiger partial charge in [0.25, 0.3) is 0 Å². The maximum absolute atomic E-state index is 5.01. The molecule has 0 aliphatic heterocycles. The van der Waals surface area contributed by atoms with Crippen molar-refractivity contribution in [1.82, 2.24) is 15.0 Å². The van der Waals surface area contributed by atoms with Gasteiger partial charge in [-0.2, -0.15) is 0 Å². The largest absolute Gasteiger partial charge is 0.354 e. The molecule has 0 fully saturated rings. The lowest BCUT2D eigenvalue weighted by Gasteiger charge is -2.19. The van der Waals surface area contributed by atoms with Crippen LogP contribution in [0.5, 0.6) is 0 Å². The Balaban J connectivity index is 1.57. The second-order valence-electron chi connectivity index (χ2n) is 10.2. The molecule has 0 spiro atoms. The first-order valence-electron chi connectivity index (χ1n) is 12.1. The van der Waals surface area contributed by atoms with Crippen LogP contribution in [0.4, 0.5) is 0 Å². The first kappa shape index (κ1) is 22.7. The van der Waals surface area contributed by atoms with Crippen molar-refractivity contribution in [3.05, 3.63) is 107 Å². The molecule has 0 amide bonds. The summed E-state index contributed by atoms with van der Waals surface area (Å²) in [6.45, 7) is 6.73. The molecule has 4 heteroatoms. The molecule has 0 radical (unpaired) electrons. The van der Waals surface area contributed by atoms with Gasteiger partial charge in [0, 0.05) is 37.5 Å². The fourth-order valence-electron chi connectivity index (χ4n) is 4.62. The van der Waals surface area contributed by atoms with Crippen LogP contribution in [-0.2, 0) is 5.41 Å². The monoisotopic (exact) mass is 531 g/mol. The Kier molecular flexibility index (Phi) is 5.50. The van der Waals surface area contributed by atoms with E-state index in [0.29, 0.717) is 0 Å². The lowest BCUT2D eigenvalue weighted by Crippen LogP contribution is -2.10. The molecule has 0 bridgehead atoms. The Hall–Kier alpha value is -3.76. The molecule has 3 nitrogen and oxygen atoms in total. The van der Waals surface area contributed by atoms with E-state index >= 15 is 0 Å². The molecule has 4 aromatic carbocycles. The molecule has 0 aliphatic rings. The van der Waals surface area contributed by atoms with Gasteiger partial charge >= 0.3 is 0 Å². The Bertz CT molecular complexity index is 1650. The fraction of sp³-hybridized carbons (Fsp3) is 0.125. The standard InChI is InChI=1S/C32H26BrN3/c1-32(2,3)23-17-25-24-16-22(14-15-27(24)34-30(25)26(33)18-23)31-35-28(20-10-6-4-7-11-20)19-29(36-31)21-12-8-5-9-13-21/h4-19,34H,1-3H3. The van der Waals surface area contributed by atoms with Gasteiger partial charge in [0.15, 0.2) is 5.82 Å². The minimum atomic E-state index is 0.0512. The van der Waals surface area contributed by atoms with E-state index < -0.39 is 0 Å². The van der Waals surface area contributed by atoms with Crippen molar-refractivity contribution in [2.45, 2.75) is 26.2 Å². The summed E-state index contributed by atoms with van der Waals surface area (Å²) < 4.78 is 1.08. The van der Waals surface area contributed by atoms with Crippen LogP contribution < -0.4 is 0 Å². The van der Waals surface area contributed by atoms with E-state index in [1.165, 1.54) is 16.3 Å². The highest BCUT2D eigenvalue weighted by Crippen LogP contribution is 2.37. The van der Waals surface area contributed by atoms with Crippen LogP contribution in [0.25, 0.3) is 55.7 Å². The topological polar surface area (TPSA) is 41.6 Å². The van der Waals surface area contributed by atoms with Gasteiger partial charge in [-0.1, -0.05) is 81.4 Å². The molecule has 176 valence electrons. The Morgan fingerprint density at radius 3 is 1.83 bits per heavy atom. The average Bonchev–Trinajstić information content (AvgIpc) is 3.28. The zero-order valence-electron chi connectivity index (χ0n) is 20.5. The first-order valence-corrected chi connectivity index (χ1v) is 12.9. The van der Waals surface area contributed by atoms with Crippen LogP contribution in [-0.4, -0.2) is 15.0 Å². The number of rotatable bonds is 3. The molecule has 6 rings (SSSR count). The average molecular weight is 532 g/mol. The number of halogens is 1. The number of fused-ring (bicyclic) bond motifs is 3. The van der Waals surface area contributed by atoms with Crippen LogP contribution in [0, 0.1) is 0 Å². The van der Waals surface area contributed by atoms with Gasteiger partial charge < -0.3 is 4.98 Å². The van der Waals surface area contributed by atoms with Crippen LogP contribution in [0.3, 0.4) is 0 Å². The lowest BCUT2D eigenvalue weighted by molar-refractivity contribution is 0.591. The SMILES string of the molecule is CC(C)(C)c1cc(Br)c2[nH]c3ccc(-c4nc(-c5ccccc5)cc(-c5ccccc5)n4)cc3c2c1. The van der Waals surface area contributed by atoms with Crippen molar-refractivity contribution >= 4 is 37.7 Å². The fourth-order valence-corrected chi connectivity index (χ4v) is 5.18. The molecule has 0 saturated carbocycles. The van der Waals surface area contributed by atoms with Gasteiger partial charge in [-0.3, -0.25) is 0 Å². The summed E-state index contributed by atoms with van der Waals surface area (Å²) in [5, 5.41) is 2.37. The molecule has 36 heavy (non-hydrogen) atoms. The summed E-state index contributed by atoms with van der Waals surface area (Å²) in [7, 11) is 0. The molecular weight excluding hydrogens is 506 g/mol. The number of aromatic nitrogens is 3. The molecule has 1 N–H and O–H groups in total. The van der Waals surface area contributed by atoms with Gasteiger partial charge in [0.2, 0.25) is 0 Å². The number of hydrogen-bond donors (Lipinski definition) is 1.